The average molecular weight is 991 g/mol. The van der Waals surface area contributed by atoms with E-state index in [2.05, 4.69) is 76.8 Å². The lowest BCUT2D eigenvalue weighted by molar-refractivity contribution is -0.126. The van der Waals surface area contributed by atoms with Gasteiger partial charge in [0.2, 0.25) is 39.6 Å². The second-order valence-electron chi connectivity index (χ2n) is 17.5. The molecule has 5 aromatic rings. The zero-order valence-corrected chi connectivity index (χ0v) is 37.9. The van der Waals surface area contributed by atoms with Gasteiger partial charge in [-0.25, -0.2) is 9.97 Å². The van der Waals surface area contributed by atoms with Crippen LogP contribution < -0.4 is 31.9 Å². The molecule has 25 nitrogen and oxygen atoms in total. The van der Waals surface area contributed by atoms with Gasteiger partial charge < -0.3 is 71.7 Å². The summed E-state index contributed by atoms with van der Waals surface area (Å²) in [5.74, 6) is 0.264. The maximum atomic E-state index is 11.8. The van der Waals surface area contributed by atoms with Gasteiger partial charge in [0.15, 0.2) is 34.0 Å². The minimum absolute atomic E-state index is 0.0249. The number of carbonyl (C=O) groups is 2. The van der Waals surface area contributed by atoms with Crippen molar-refractivity contribution < 1.29 is 40.2 Å². The van der Waals surface area contributed by atoms with Crippen LogP contribution in [0.2, 0.25) is 15.9 Å². The maximum absolute atomic E-state index is 11.8. The Bertz CT molecular complexity index is 2430. The van der Waals surface area contributed by atoms with Gasteiger partial charge in [-0.2, -0.15) is 34.9 Å². The van der Waals surface area contributed by atoms with Gasteiger partial charge in [-0.1, -0.05) is 0 Å². The van der Waals surface area contributed by atoms with Crippen LogP contribution in [0.25, 0.3) is 22.3 Å². The van der Waals surface area contributed by atoms with Crippen LogP contribution in [0.1, 0.15) is 76.3 Å². The monoisotopic (exact) mass is 989 g/mol. The first-order valence-corrected chi connectivity index (χ1v) is 23.2. The van der Waals surface area contributed by atoms with Crippen molar-refractivity contribution in [3.8, 4) is 0 Å². The van der Waals surface area contributed by atoms with Crippen molar-refractivity contribution in [3.63, 3.8) is 0 Å². The molecule has 4 fully saturated rings. The molecule has 0 saturated heterocycles. The second-order valence-corrected chi connectivity index (χ2v) is 18.5. The molecule has 67 heavy (non-hydrogen) atoms. The van der Waals surface area contributed by atoms with Crippen molar-refractivity contribution in [1.29, 1.82) is 0 Å². The number of nitrogens with one attached hydrogen (secondary N) is 6. The highest BCUT2D eigenvalue weighted by atomic mass is 35.5. The number of carbonyl (C=O) groups excluding carboxylic acids is 2. The first kappa shape index (κ1) is 47.0. The van der Waals surface area contributed by atoms with E-state index in [4.69, 9.17) is 45.0 Å². The van der Waals surface area contributed by atoms with Crippen LogP contribution in [0, 0.1) is 0 Å². The zero-order valence-electron chi connectivity index (χ0n) is 35.6. The molecular weight excluding hydrogens is 941 g/mol. The van der Waals surface area contributed by atoms with Gasteiger partial charge in [0, 0.05) is 24.2 Å². The van der Waals surface area contributed by atoms with E-state index in [1.165, 1.54) is 12.7 Å². The van der Waals surface area contributed by atoms with Crippen molar-refractivity contribution in [3.05, 3.63) is 28.5 Å². The number of hydrogen-bond donors (Lipinski definition) is 12. The molecule has 0 spiro atoms. The molecule has 0 radical (unpaired) electrons. The number of rotatable bonds is 14. The molecule has 4 saturated carbocycles. The number of amides is 2. The van der Waals surface area contributed by atoms with E-state index in [0.717, 1.165) is 51.4 Å². The van der Waals surface area contributed by atoms with Gasteiger partial charge in [0.1, 0.15) is 37.6 Å². The summed E-state index contributed by atoms with van der Waals surface area (Å²) in [6, 6.07) is -2.75. The number of anilines is 4. The molecule has 28 heteroatoms. The number of aliphatic hydroxyl groups excluding tert-OH is 6. The van der Waals surface area contributed by atoms with Gasteiger partial charge in [-0.05, 0) is 99.0 Å². The highest BCUT2D eigenvalue weighted by Crippen LogP contribution is 2.37. The van der Waals surface area contributed by atoms with Crippen molar-refractivity contribution in [2.75, 3.05) is 34.5 Å². The molecule has 0 aliphatic heterocycles. The second kappa shape index (κ2) is 19.8. The minimum Gasteiger partial charge on any atom is -0.388 e. The summed E-state index contributed by atoms with van der Waals surface area (Å²) in [5.41, 5.74) is 1.60. The van der Waals surface area contributed by atoms with E-state index in [0.29, 0.717) is 45.9 Å². The lowest BCUT2D eigenvalue weighted by Crippen LogP contribution is -2.44. The predicted octanol–water partition coefficient (Wildman–Crippen LogP) is 0.0690. The fourth-order valence-corrected chi connectivity index (χ4v) is 10.3. The fraction of sp³-hybridized carbons (Fsp3) is 0.615. The Morgan fingerprint density at radius 2 is 0.881 bits per heavy atom. The Balaban J connectivity index is 0.769. The number of imidazole rings is 2. The van der Waals surface area contributed by atoms with Gasteiger partial charge in [0.05, 0.1) is 36.8 Å². The molecular formula is C39H50Cl3N17O8. The summed E-state index contributed by atoms with van der Waals surface area (Å²) in [4.78, 5) is 63.5. The van der Waals surface area contributed by atoms with E-state index in [9.17, 15) is 30.0 Å². The van der Waals surface area contributed by atoms with E-state index in [-0.39, 0.29) is 52.9 Å². The van der Waals surface area contributed by atoms with Gasteiger partial charge in [0.25, 0.3) is 0 Å². The Labute approximate surface area is 395 Å². The number of fused-ring (bicyclic) bond motifs is 2. The van der Waals surface area contributed by atoms with Crippen LogP contribution in [0.4, 0.5) is 23.5 Å². The molecule has 9 rings (SSSR count). The van der Waals surface area contributed by atoms with E-state index in [1.54, 1.807) is 9.13 Å². The third-order valence-corrected chi connectivity index (χ3v) is 13.7. The summed E-state index contributed by atoms with van der Waals surface area (Å²) in [5, 5.41) is 80.0. The van der Waals surface area contributed by atoms with Crippen molar-refractivity contribution in [2.24, 2.45) is 0 Å². The highest BCUT2D eigenvalue weighted by molar-refractivity contribution is 6.29. The highest BCUT2D eigenvalue weighted by Gasteiger charge is 2.45. The molecule has 0 aromatic carbocycles. The first-order chi connectivity index (χ1) is 32.2. The van der Waals surface area contributed by atoms with Gasteiger partial charge in [-0.3, -0.25) is 9.59 Å². The largest absolute Gasteiger partial charge is 0.388 e. The molecule has 12 N–H and O–H groups in total. The molecule has 8 atom stereocenters. The topological polar surface area (TPSA) is 354 Å². The molecule has 0 unspecified atom stereocenters. The van der Waals surface area contributed by atoms with E-state index >= 15 is 0 Å². The summed E-state index contributed by atoms with van der Waals surface area (Å²) in [6.45, 7) is -1.48. The normalized spacial score (nSPS) is 29.8. The molecule has 0 bridgehead atoms. The van der Waals surface area contributed by atoms with E-state index in [1.807, 2.05) is 0 Å². The van der Waals surface area contributed by atoms with Crippen LogP contribution in [0.15, 0.2) is 12.7 Å². The van der Waals surface area contributed by atoms with Crippen LogP contribution in [0.3, 0.4) is 0 Å². The maximum Gasteiger partial charge on any atom is 0.246 e. The number of halogens is 3. The van der Waals surface area contributed by atoms with Crippen LogP contribution >= 0.6 is 34.8 Å². The zero-order chi connectivity index (χ0) is 47.1. The third kappa shape index (κ3) is 10.1. The average Bonchev–Trinajstić information content (AvgIpc) is 4.06. The fourth-order valence-electron chi connectivity index (χ4n) is 9.82. The number of nitrogens with zero attached hydrogens (tertiary/aromatic N) is 11. The molecule has 360 valence electrons. The lowest BCUT2D eigenvalue weighted by Gasteiger charge is -2.31. The van der Waals surface area contributed by atoms with Crippen LogP contribution in [-0.4, -0.2) is 170 Å². The molecule has 5 aromatic heterocycles. The van der Waals surface area contributed by atoms with E-state index < -0.39 is 73.6 Å². The number of hydrogen-bond acceptors (Lipinski definition) is 21. The summed E-state index contributed by atoms with van der Waals surface area (Å²) >= 11 is 19.1. The van der Waals surface area contributed by atoms with Crippen molar-refractivity contribution in [2.45, 2.75) is 137 Å². The summed E-state index contributed by atoms with van der Waals surface area (Å²) in [6.07, 6.45) is 4.48. The quantitative estimate of drug-likeness (QED) is 0.0655. The Hall–Kier alpha value is -5.12. The van der Waals surface area contributed by atoms with Crippen molar-refractivity contribution >= 4 is 92.5 Å². The smallest absolute Gasteiger partial charge is 0.246 e. The summed E-state index contributed by atoms with van der Waals surface area (Å²) in [7, 11) is 0. The molecule has 5 heterocycles. The minimum atomic E-state index is -1.26. The van der Waals surface area contributed by atoms with Gasteiger partial charge in [-0.15, -0.1) is 0 Å². The molecule has 2 amide bonds. The van der Waals surface area contributed by atoms with Crippen LogP contribution in [-0.2, 0) is 9.59 Å². The number of aliphatic hydroxyl groups is 6. The van der Waals surface area contributed by atoms with Crippen LogP contribution in [0.5, 0.6) is 0 Å². The first-order valence-electron chi connectivity index (χ1n) is 22.1. The van der Waals surface area contributed by atoms with Crippen molar-refractivity contribution in [1.82, 2.24) is 64.6 Å². The Morgan fingerprint density at radius 1 is 0.522 bits per heavy atom. The number of aromatic nitrogens is 11. The SMILES string of the molecule is O=C(CO)N[C@H]1C[C@@H](n2cnc3c(N[C@H]4CC[C@H](Nc5nc(Cl)nc(N[C@H]6CC[C@H](Nc7nc(Cl)nc8c7ncn8[C@@H]7C[C@H](NC(=O)CO)[C@@H](O)[C@H]7O)CC6)n5)CC4)nc(Cl)nc32)[C@H](O)[C@@H]1O. The molecule has 4 aliphatic carbocycles. The third-order valence-electron chi connectivity index (χ3n) is 13.2. The summed E-state index contributed by atoms with van der Waals surface area (Å²) < 4.78 is 3.24. The van der Waals surface area contributed by atoms with Gasteiger partial charge >= 0.3 is 0 Å². The standard InChI is InChI=1S/C39H50Cl3N17O8/c40-35-51-31(25-33(53-35)58(13-43-25)21-9-19(27(64)29(21)66)49-23(62)11-60)45-15-1-5-17(6-2-15)47-38-55-37(42)56-39(57-38)48-18-7-3-16(4-8-18)46-32-26-34(54-36(41)52-32)59(14-44-26)22-10-20(28(65)30(22)67)50-24(63)12-61/h13-22,27-30,60-61,64-67H,1-12H2,(H,49,62)(H,50,63)(H,45,51,53)(H,46,52,54)(H2,47,48,55,56,57)/t15-,16-,17-,18-,19-,20-,21+,22+,27+,28+,29-,30-/m0/s1. The lowest BCUT2D eigenvalue weighted by atomic mass is 9.91. The Kier molecular flexibility index (Phi) is 13.9. The Morgan fingerprint density at radius 3 is 1.25 bits per heavy atom. The molecule has 4 aliphatic rings. The predicted molar refractivity (Wildman–Crippen MR) is 241 cm³/mol.